The second kappa shape index (κ2) is 11.8. The van der Waals surface area contributed by atoms with Crippen molar-refractivity contribution in [1.82, 2.24) is 4.90 Å². The summed E-state index contributed by atoms with van der Waals surface area (Å²) in [5, 5.41) is 0. The molecular weight excluding hydrogens is 322 g/mol. The molecular formula is C19H31NO5. The van der Waals surface area contributed by atoms with Gasteiger partial charge in [0, 0.05) is 13.6 Å². The maximum absolute atomic E-state index is 11.7. The van der Waals surface area contributed by atoms with Gasteiger partial charge in [0.2, 0.25) is 0 Å². The van der Waals surface area contributed by atoms with Crippen molar-refractivity contribution < 1.29 is 23.7 Å². The molecule has 6 nitrogen and oxygen atoms in total. The number of carbonyl (C=O) groups is 1. The van der Waals surface area contributed by atoms with Crippen LogP contribution in [-0.2, 0) is 25.6 Å². The number of hydrogen-bond acceptors (Lipinski definition) is 5. The third-order valence-corrected chi connectivity index (χ3v) is 3.13. The molecule has 1 rings (SSSR count). The predicted octanol–water partition coefficient (Wildman–Crippen LogP) is 3.10. The lowest BCUT2D eigenvalue weighted by atomic mass is 10.2. The number of rotatable bonds is 11. The van der Waals surface area contributed by atoms with E-state index in [-0.39, 0.29) is 6.09 Å². The largest absolute Gasteiger partial charge is 0.444 e. The van der Waals surface area contributed by atoms with E-state index >= 15 is 0 Å². The van der Waals surface area contributed by atoms with E-state index in [4.69, 9.17) is 18.9 Å². The highest BCUT2D eigenvalue weighted by molar-refractivity contribution is 5.67. The van der Waals surface area contributed by atoms with Crippen molar-refractivity contribution >= 4 is 6.09 Å². The van der Waals surface area contributed by atoms with Gasteiger partial charge in [0.25, 0.3) is 0 Å². The molecule has 0 saturated heterocycles. The highest BCUT2D eigenvalue weighted by atomic mass is 16.6. The summed E-state index contributed by atoms with van der Waals surface area (Å²) in [4.78, 5) is 13.2. The minimum atomic E-state index is -0.484. The van der Waals surface area contributed by atoms with Gasteiger partial charge >= 0.3 is 6.09 Å². The lowest BCUT2D eigenvalue weighted by Crippen LogP contribution is -2.36. The molecule has 1 aromatic carbocycles. The summed E-state index contributed by atoms with van der Waals surface area (Å²) in [6.07, 6.45) is -0.345. The zero-order chi connectivity index (χ0) is 18.5. The van der Waals surface area contributed by atoms with Crippen LogP contribution in [0, 0.1) is 0 Å². The van der Waals surface area contributed by atoms with E-state index in [1.54, 1.807) is 7.05 Å². The molecule has 0 bridgehead atoms. The zero-order valence-electron chi connectivity index (χ0n) is 15.8. The van der Waals surface area contributed by atoms with Crippen molar-refractivity contribution in [3.05, 3.63) is 35.9 Å². The zero-order valence-corrected chi connectivity index (χ0v) is 15.8. The third-order valence-electron chi connectivity index (χ3n) is 3.13. The van der Waals surface area contributed by atoms with Crippen molar-refractivity contribution in [1.29, 1.82) is 0 Å². The van der Waals surface area contributed by atoms with Crippen LogP contribution in [0.3, 0.4) is 0 Å². The van der Waals surface area contributed by atoms with Crippen molar-refractivity contribution in [2.24, 2.45) is 0 Å². The van der Waals surface area contributed by atoms with E-state index < -0.39 is 5.60 Å². The highest BCUT2D eigenvalue weighted by Gasteiger charge is 2.19. The van der Waals surface area contributed by atoms with Crippen LogP contribution in [0.1, 0.15) is 26.3 Å². The number of hydrogen-bond donors (Lipinski definition) is 0. The molecule has 0 aliphatic carbocycles. The molecule has 6 heteroatoms. The van der Waals surface area contributed by atoms with Crippen molar-refractivity contribution in [3.63, 3.8) is 0 Å². The van der Waals surface area contributed by atoms with Crippen LogP contribution in [0.4, 0.5) is 4.79 Å². The number of ether oxygens (including phenoxy) is 4. The lowest BCUT2D eigenvalue weighted by molar-refractivity contribution is 0.00251. The van der Waals surface area contributed by atoms with Gasteiger partial charge in [-0.3, -0.25) is 0 Å². The molecule has 0 heterocycles. The van der Waals surface area contributed by atoms with Crippen LogP contribution in [0.25, 0.3) is 0 Å². The summed E-state index contributed by atoms with van der Waals surface area (Å²) in [5.74, 6) is 0. The molecule has 1 amide bonds. The minimum Gasteiger partial charge on any atom is -0.444 e. The third kappa shape index (κ3) is 11.5. The summed E-state index contributed by atoms with van der Waals surface area (Å²) in [6.45, 7) is 9.13. The maximum atomic E-state index is 11.7. The average Bonchev–Trinajstić information content (AvgIpc) is 2.55. The molecule has 0 atom stereocenters. The maximum Gasteiger partial charge on any atom is 0.410 e. The fourth-order valence-corrected chi connectivity index (χ4v) is 1.84. The Morgan fingerprint density at radius 3 is 2.08 bits per heavy atom. The summed E-state index contributed by atoms with van der Waals surface area (Å²) >= 11 is 0. The van der Waals surface area contributed by atoms with Gasteiger partial charge in [0.1, 0.15) is 5.60 Å². The van der Waals surface area contributed by atoms with Crippen LogP contribution in [0.5, 0.6) is 0 Å². The Morgan fingerprint density at radius 2 is 1.48 bits per heavy atom. The number of likely N-dealkylation sites (N-methyl/N-ethyl adjacent to an activating group) is 1. The molecule has 0 fully saturated rings. The Kier molecular flexibility index (Phi) is 10.1. The molecule has 0 aliphatic heterocycles. The Hall–Kier alpha value is -1.63. The molecule has 1 aromatic rings. The van der Waals surface area contributed by atoms with Crippen LogP contribution < -0.4 is 0 Å². The van der Waals surface area contributed by atoms with Gasteiger partial charge in [-0.25, -0.2) is 4.79 Å². The fourth-order valence-electron chi connectivity index (χ4n) is 1.84. The van der Waals surface area contributed by atoms with Crippen molar-refractivity contribution in [2.75, 3.05) is 46.6 Å². The fraction of sp³-hybridized carbons (Fsp3) is 0.632. The van der Waals surface area contributed by atoms with Gasteiger partial charge in [-0.05, 0) is 26.3 Å². The number of nitrogens with zero attached hydrogens (tertiary/aromatic N) is 1. The molecule has 0 radical (unpaired) electrons. The van der Waals surface area contributed by atoms with Gasteiger partial charge in [0.15, 0.2) is 0 Å². The molecule has 25 heavy (non-hydrogen) atoms. The Labute approximate surface area is 151 Å². The standard InChI is InChI=1S/C19H31NO5/c1-19(2,3)25-18(21)20(4)10-11-22-12-13-23-14-15-24-16-17-8-6-5-7-9-17/h5-9H,10-16H2,1-4H3. The molecule has 0 N–H and O–H groups in total. The number of carbonyl (C=O) groups excluding carboxylic acids is 1. The second-order valence-electron chi connectivity index (χ2n) is 6.66. The first kappa shape index (κ1) is 21.4. The highest BCUT2D eigenvalue weighted by Crippen LogP contribution is 2.08. The minimum absolute atomic E-state index is 0.345. The summed E-state index contributed by atoms with van der Waals surface area (Å²) in [7, 11) is 1.69. The van der Waals surface area contributed by atoms with Crippen LogP contribution in [0.15, 0.2) is 30.3 Å². The summed E-state index contributed by atoms with van der Waals surface area (Å²) < 4.78 is 21.7. The van der Waals surface area contributed by atoms with E-state index in [9.17, 15) is 4.79 Å². The predicted molar refractivity (Wildman–Crippen MR) is 96.6 cm³/mol. The summed E-state index contributed by atoms with van der Waals surface area (Å²) in [6, 6.07) is 10.0. The average molecular weight is 353 g/mol. The Balaban J connectivity index is 1.91. The normalized spacial score (nSPS) is 11.4. The Morgan fingerprint density at radius 1 is 0.920 bits per heavy atom. The van der Waals surface area contributed by atoms with Crippen LogP contribution in [-0.4, -0.2) is 63.2 Å². The van der Waals surface area contributed by atoms with Crippen LogP contribution >= 0.6 is 0 Å². The molecule has 0 saturated carbocycles. The van der Waals surface area contributed by atoms with Gasteiger partial charge in [-0.15, -0.1) is 0 Å². The molecule has 0 aliphatic rings. The first-order valence-electron chi connectivity index (χ1n) is 8.60. The van der Waals surface area contributed by atoms with Gasteiger partial charge < -0.3 is 23.8 Å². The molecule has 0 aromatic heterocycles. The Bertz CT molecular complexity index is 472. The van der Waals surface area contributed by atoms with E-state index in [1.165, 1.54) is 4.90 Å². The number of amides is 1. The quantitative estimate of drug-likeness (QED) is 0.572. The topological polar surface area (TPSA) is 57.2 Å². The van der Waals surface area contributed by atoms with Crippen molar-refractivity contribution in [3.8, 4) is 0 Å². The summed E-state index contributed by atoms with van der Waals surface area (Å²) in [5.41, 5.74) is 0.669. The van der Waals surface area contributed by atoms with Gasteiger partial charge in [-0.1, -0.05) is 30.3 Å². The van der Waals surface area contributed by atoms with E-state index in [1.807, 2.05) is 51.1 Å². The SMILES string of the molecule is CN(CCOCCOCCOCc1ccccc1)C(=O)OC(C)(C)C. The van der Waals surface area contributed by atoms with Crippen LogP contribution in [0.2, 0.25) is 0 Å². The monoisotopic (exact) mass is 353 g/mol. The molecule has 0 unspecified atom stereocenters. The number of benzene rings is 1. The van der Waals surface area contributed by atoms with Gasteiger partial charge in [-0.2, -0.15) is 0 Å². The van der Waals surface area contributed by atoms with Gasteiger partial charge in [0.05, 0.1) is 39.6 Å². The van der Waals surface area contributed by atoms with E-state index in [0.717, 1.165) is 5.56 Å². The molecule has 142 valence electrons. The lowest BCUT2D eigenvalue weighted by Gasteiger charge is -2.24. The smallest absolute Gasteiger partial charge is 0.410 e. The van der Waals surface area contributed by atoms with E-state index in [0.29, 0.717) is 46.2 Å². The second-order valence-corrected chi connectivity index (χ2v) is 6.66. The van der Waals surface area contributed by atoms with E-state index in [2.05, 4.69) is 0 Å². The molecule has 0 spiro atoms. The first-order chi connectivity index (χ1) is 11.9. The van der Waals surface area contributed by atoms with Crippen molar-refractivity contribution in [2.45, 2.75) is 33.0 Å². The first-order valence-corrected chi connectivity index (χ1v) is 8.60.